The number of pyridine rings is 1. The summed E-state index contributed by atoms with van der Waals surface area (Å²) in [4.78, 5) is 19.1. The number of nitrogens with zero attached hydrogens (tertiary/aromatic N) is 2. The number of likely N-dealkylation sites (tertiary alicyclic amines) is 1. The number of benzene rings is 2. The zero-order chi connectivity index (χ0) is 28.2. The molecular weight excluding hydrogens is 514 g/mol. The molecular formula is C29H29F4N3O3. The lowest BCUT2D eigenvalue weighted by atomic mass is 9.73. The average Bonchev–Trinajstić information content (AvgIpc) is 2.94. The molecule has 1 fully saturated rings. The summed E-state index contributed by atoms with van der Waals surface area (Å²) in [5.74, 6) is 1.30. The molecule has 0 radical (unpaired) electrons. The van der Waals surface area contributed by atoms with Crippen LogP contribution in [-0.2, 0) is 4.79 Å². The first-order valence-electron chi connectivity index (χ1n) is 12.5. The highest BCUT2D eigenvalue weighted by Crippen LogP contribution is 2.41. The number of hydroxylamine groups is 1. The molecule has 0 unspecified atom stereocenters. The van der Waals surface area contributed by atoms with Crippen LogP contribution in [0.1, 0.15) is 48.5 Å². The Morgan fingerprint density at radius 2 is 1.90 bits per heavy atom. The van der Waals surface area contributed by atoms with Crippen LogP contribution < -0.4 is 10.2 Å². The zero-order valence-corrected chi connectivity index (χ0v) is 21.7. The molecule has 1 aliphatic rings. The maximum atomic E-state index is 15.8. The van der Waals surface area contributed by atoms with Gasteiger partial charge in [-0.2, -0.15) is 0 Å². The third kappa shape index (κ3) is 6.15. The highest BCUT2D eigenvalue weighted by atomic mass is 19.2. The van der Waals surface area contributed by atoms with Crippen molar-refractivity contribution in [2.24, 2.45) is 5.41 Å². The maximum absolute atomic E-state index is 15.8. The van der Waals surface area contributed by atoms with Gasteiger partial charge in [0, 0.05) is 30.2 Å². The second-order valence-electron chi connectivity index (χ2n) is 9.80. The van der Waals surface area contributed by atoms with Gasteiger partial charge in [-0.05, 0) is 74.1 Å². The van der Waals surface area contributed by atoms with Crippen LogP contribution in [0.15, 0.2) is 36.5 Å². The van der Waals surface area contributed by atoms with Crippen LogP contribution in [0.3, 0.4) is 0 Å². The van der Waals surface area contributed by atoms with Crippen molar-refractivity contribution in [1.82, 2.24) is 15.4 Å². The van der Waals surface area contributed by atoms with Crippen molar-refractivity contribution in [2.45, 2.75) is 38.8 Å². The first-order chi connectivity index (χ1) is 18.7. The molecule has 0 spiro atoms. The molecule has 39 heavy (non-hydrogen) atoms. The summed E-state index contributed by atoms with van der Waals surface area (Å²) in [5.41, 5.74) is 2.63. The molecule has 0 saturated carbocycles. The van der Waals surface area contributed by atoms with Crippen molar-refractivity contribution >= 4 is 16.8 Å². The van der Waals surface area contributed by atoms with Crippen LogP contribution >= 0.6 is 0 Å². The number of nitrogens with one attached hydrogen (secondary N) is 1. The summed E-state index contributed by atoms with van der Waals surface area (Å²) in [6.07, 6.45) is 1.25. The fourth-order valence-electron chi connectivity index (χ4n) is 5.11. The van der Waals surface area contributed by atoms with Gasteiger partial charge in [0.25, 0.3) is 0 Å². The van der Waals surface area contributed by atoms with Gasteiger partial charge in [0.2, 0.25) is 5.91 Å². The molecule has 1 saturated heterocycles. The molecule has 10 heteroatoms. The van der Waals surface area contributed by atoms with Gasteiger partial charge in [-0.15, -0.1) is 0 Å². The van der Waals surface area contributed by atoms with Gasteiger partial charge in [0.05, 0.1) is 24.6 Å². The average molecular weight is 544 g/mol. The number of halogens is 4. The molecule has 4 rings (SSSR count). The van der Waals surface area contributed by atoms with E-state index < -0.39 is 34.9 Å². The quantitative estimate of drug-likeness (QED) is 0.137. The Labute approximate surface area is 223 Å². The van der Waals surface area contributed by atoms with Gasteiger partial charge >= 0.3 is 0 Å². The zero-order valence-electron chi connectivity index (χ0n) is 21.7. The number of carbonyl (C=O) groups is 1. The number of aryl methyl sites for hydroxylation is 1. The molecule has 0 bridgehead atoms. The van der Waals surface area contributed by atoms with E-state index in [1.807, 2.05) is 4.90 Å². The number of piperidine rings is 1. The first kappa shape index (κ1) is 28.3. The van der Waals surface area contributed by atoms with Crippen molar-refractivity contribution in [2.75, 3.05) is 26.7 Å². The van der Waals surface area contributed by atoms with E-state index in [4.69, 9.17) is 4.74 Å². The molecule has 6 nitrogen and oxygen atoms in total. The van der Waals surface area contributed by atoms with Crippen molar-refractivity contribution < 1.29 is 32.3 Å². The Morgan fingerprint density at radius 1 is 1.21 bits per heavy atom. The number of fused-ring (bicyclic) bond motifs is 1. The number of amides is 1. The number of hydrogen-bond acceptors (Lipinski definition) is 5. The van der Waals surface area contributed by atoms with Crippen LogP contribution in [0.4, 0.5) is 17.6 Å². The number of aromatic nitrogens is 1. The summed E-state index contributed by atoms with van der Waals surface area (Å²) in [6, 6.07) is 6.94. The van der Waals surface area contributed by atoms with Crippen molar-refractivity contribution in [1.29, 1.82) is 0 Å². The Hall–Kier alpha value is -3.68. The van der Waals surface area contributed by atoms with Gasteiger partial charge in [-0.3, -0.25) is 19.9 Å². The SMILES string of the molecule is COc1ccc2ncc(C)c([C@H](F)CCC3(C(=O)NO)CCN(CC#Cc4cc(F)c(F)c(F)c4)CC3)c2c1. The lowest BCUT2D eigenvalue weighted by molar-refractivity contribution is -0.143. The molecule has 0 aliphatic carbocycles. The summed E-state index contributed by atoms with van der Waals surface area (Å²) in [5, 5.41) is 10.1. The van der Waals surface area contributed by atoms with Crippen LogP contribution in [0.2, 0.25) is 0 Å². The minimum absolute atomic E-state index is 0.0166. The van der Waals surface area contributed by atoms with E-state index in [0.717, 1.165) is 12.1 Å². The Balaban J connectivity index is 1.44. The maximum Gasteiger partial charge on any atom is 0.249 e. The lowest BCUT2D eigenvalue weighted by Gasteiger charge is -2.40. The Morgan fingerprint density at radius 3 is 2.54 bits per heavy atom. The fraction of sp³-hybridized carbons (Fsp3) is 0.379. The molecule has 2 heterocycles. The minimum Gasteiger partial charge on any atom is -0.497 e. The van der Waals surface area contributed by atoms with E-state index in [-0.39, 0.29) is 24.9 Å². The van der Waals surface area contributed by atoms with Crippen molar-refractivity contribution in [3.05, 3.63) is 70.7 Å². The number of methoxy groups -OCH3 is 1. The van der Waals surface area contributed by atoms with Crippen LogP contribution in [-0.4, -0.2) is 47.7 Å². The number of carbonyl (C=O) groups excluding carboxylic acids is 1. The second kappa shape index (κ2) is 12.0. The van der Waals surface area contributed by atoms with E-state index in [0.29, 0.717) is 53.7 Å². The van der Waals surface area contributed by atoms with E-state index in [1.165, 1.54) is 7.11 Å². The summed E-state index contributed by atoms with van der Waals surface area (Å²) < 4.78 is 61.0. The van der Waals surface area contributed by atoms with Gasteiger partial charge in [-0.1, -0.05) is 11.8 Å². The summed E-state index contributed by atoms with van der Waals surface area (Å²) in [7, 11) is 1.54. The molecule has 1 aliphatic heterocycles. The Kier molecular flexibility index (Phi) is 8.73. The highest BCUT2D eigenvalue weighted by molar-refractivity contribution is 5.85. The molecule has 206 valence electrons. The second-order valence-corrected chi connectivity index (χ2v) is 9.80. The van der Waals surface area contributed by atoms with Gasteiger partial charge in [0.15, 0.2) is 17.5 Å². The fourth-order valence-corrected chi connectivity index (χ4v) is 5.11. The lowest BCUT2D eigenvalue weighted by Crippen LogP contribution is -2.48. The molecule has 1 aromatic heterocycles. The molecule has 1 atom stereocenters. The van der Waals surface area contributed by atoms with Crippen LogP contribution in [0, 0.1) is 41.6 Å². The predicted molar refractivity (Wildman–Crippen MR) is 137 cm³/mol. The van der Waals surface area contributed by atoms with Crippen molar-refractivity contribution in [3.63, 3.8) is 0 Å². The van der Waals surface area contributed by atoms with E-state index >= 15 is 4.39 Å². The molecule has 1 amide bonds. The molecule has 3 aromatic rings. The largest absolute Gasteiger partial charge is 0.497 e. The smallest absolute Gasteiger partial charge is 0.249 e. The third-order valence-corrected chi connectivity index (χ3v) is 7.42. The number of alkyl halides is 1. The van der Waals surface area contributed by atoms with Gasteiger partial charge in [0.1, 0.15) is 11.9 Å². The normalized spacial score (nSPS) is 15.9. The summed E-state index contributed by atoms with van der Waals surface area (Å²) >= 11 is 0. The Bertz CT molecular complexity index is 1410. The standard InChI is InChI=1S/C29H29F4N3O3/c1-18-17-34-25-6-5-20(39-2)16-21(25)26(18)22(30)7-8-29(28(37)35-38)9-12-36(13-10-29)11-3-4-19-14-23(31)27(33)24(32)15-19/h5-6,14-17,22,38H,7-13H2,1-2H3,(H,35,37)/t22-/m1/s1. The monoisotopic (exact) mass is 543 g/mol. The number of ether oxygens (including phenoxy) is 1. The minimum atomic E-state index is -1.54. The van der Waals surface area contributed by atoms with E-state index in [2.05, 4.69) is 16.8 Å². The predicted octanol–water partition coefficient (Wildman–Crippen LogP) is 5.40. The third-order valence-electron chi connectivity index (χ3n) is 7.42. The topological polar surface area (TPSA) is 74.7 Å². The number of rotatable bonds is 7. The van der Waals surface area contributed by atoms with Gasteiger partial charge in [-0.25, -0.2) is 23.0 Å². The first-order valence-corrected chi connectivity index (χ1v) is 12.5. The van der Waals surface area contributed by atoms with Crippen LogP contribution in [0.25, 0.3) is 10.9 Å². The summed E-state index contributed by atoms with van der Waals surface area (Å²) in [6.45, 7) is 2.94. The van der Waals surface area contributed by atoms with E-state index in [9.17, 15) is 23.2 Å². The van der Waals surface area contributed by atoms with E-state index in [1.54, 1.807) is 36.8 Å². The van der Waals surface area contributed by atoms with Crippen LogP contribution in [0.5, 0.6) is 5.75 Å². The number of hydrogen-bond donors (Lipinski definition) is 2. The van der Waals surface area contributed by atoms with Gasteiger partial charge < -0.3 is 4.74 Å². The highest BCUT2D eigenvalue weighted by Gasteiger charge is 2.41. The molecule has 2 N–H and O–H groups in total. The van der Waals surface area contributed by atoms with Crippen molar-refractivity contribution in [3.8, 4) is 17.6 Å². The molecule has 2 aromatic carbocycles.